The molecule has 1 heterocycles. The standard InChI is InChI=1S/C14H9Cl2N3O2/c15-9-2-1-7(3-10(9)16)21-13-5-12-8(4-11(13)17)14(20)19-6-18-12/h1-6H,17H2,(H,18,19,20). The van der Waals surface area contributed by atoms with Gasteiger partial charge in [0.15, 0.2) is 5.75 Å². The lowest BCUT2D eigenvalue weighted by Gasteiger charge is -2.10. The lowest BCUT2D eigenvalue weighted by atomic mass is 10.2. The fourth-order valence-electron chi connectivity index (χ4n) is 1.87. The maximum Gasteiger partial charge on any atom is 0.258 e. The second-order valence-corrected chi connectivity index (χ2v) is 5.13. The molecule has 0 fully saturated rings. The van der Waals surface area contributed by atoms with Crippen molar-refractivity contribution in [2.75, 3.05) is 5.73 Å². The van der Waals surface area contributed by atoms with Crippen molar-refractivity contribution < 1.29 is 4.74 Å². The van der Waals surface area contributed by atoms with E-state index in [9.17, 15) is 4.79 Å². The number of anilines is 1. The highest BCUT2D eigenvalue weighted by molar-refractivity contribution is 6.42. The van der Waals surface area contributed by atoms with Crippen molar-refractivity contribution in [3.05, 3.63) is 57.1 Å². The number of aromatic nitrogens is 2. The molecule has 0 aliphatic carbocycles. The van der Waals surface area contributed by atoms with Crippen molar-refractivity contribution in [3.63, 3.8) is 0 Å². The predicted molar refractivity (Wildman–Crippen MR) is 83.3 cm³/mol. The molecular formula is C14H9Cl2N3O2. The molecule has 0 spiro atoms. The van der Waals surface area contributed by atoms with Gasteiger partial charge in [0.1, 0.15) is 5.75 Å². The summed E-state index contributed by atoms with van der Waals surface area (Å²) in [6.45, 7) is 0. The summed E-state index contributed by atoms with van der Waals surface area (Å²) in [7, 11) is 0. The van der Waals surface area contributed by atoms with E-state index in [0.717, 1.165) is 0 Å². The smallest absolute Gasteiger partial charge is 0.258 e. The summed E-state index contributed by atoms with van der Waals surface area (Å²) in [5, 5.41) is 1.21. The Morgan fingerprint density at radius 3 is 2.71 bits per heavy atom. The summed E-state index contributed by atoms with van der Waals surface area (Å²) in [6, 6.07) is 8.00. The van der Waals surface area contributed by atoms with Gasteiger partial charge in [-0.2, -0.15) is 0 Å². The highest BCUT2D eigenvalue weighted by atomic mass is 35.5. The van der Waals surface area contributed by atoms with Gasteiger partial charge in [-0.15, -0.1) is 0 Å². The van der Waals surface area contributed by atoms with Crippen LogP contribution in [-0.4, -0.2) is 9.97 Å². The van der Waals surface area contributed by atoms with Crippen molar-refractivity contribution in [1.29, 1.82) is 0 Å². The van der Waals surface area contributed by atoms with Crippen molar-refractivity contribution in [1.82, 2.24) is 9.97 Å². The van der Waals surface area contributed by atoms with Gasteiger partial charge in [-0.1, -0.05) is 23.2 Å². The Bertz CT molecular complexity index is 893. The van der Waals surface area contributed by atoms with Crippen LogP contribution in [0.25, 0.3) is 10.9 Å². The highest BCUT2D eigenvalue weighted by Crippen LogP contribution is 2.33. The molecule has 0 amide bonds. The number of nitrogens with one attached hydrogen (secondary N) is 1. The molecular weight excluding hydrogens is 313 g/mol. The van der Waals surface area contributed by atoms with Gasteiger partial charge in [-0.05, 0) is 18.2 Å². The number of hydrogen-bond acceptors (Lipinski definition) is 4. The van der Waals surface area contributed by atoms with Crippen molar-refractivity contribution >= 4 is 39.8 Å². The number of halogens is 2. The van der Waals surface area contributed by atoms with Crippen molar-refractivity contribution in [2.45, 2.75) is 0 Å². The number of benzene rings is 2. The molecule has 0 unspecified atom stereocenters. The van der Waals surface area contributed by atoms with Gasteiger partial charge >= 0.3 is 0 Å². The first-order valence-corrected chi connectivity index (χ1v) is 6.70. The molecule has 3 N–H and O–H groups in total. The van der Waals surface area contributed by atoms with E-state index in [2.05, 4.69) is 9.97 Å². The minimum atomic E-state index is -0.257. The molecule has 3 rings (SSSR count). The van der Waals surface area contributed by atoms with Gasteiger partial charge in [0.2, 0.25) is 0 Å². The van der Waals surface area contributed by atoms with E-state index in [0.29, 0.717) is 38.1 Å². The lowest BCUT2D eigenvalue weighted by Crippen LogP contribution is -2.07. The second-order valence-electron chi connectivity index (χ2n) is 4.32. The van der Waals surface area contributed by atoms with E-state index < -0.39 is 0 Å². The first-order valence-electron chi connectivity index (χ1n) is 5.94. The summed E-state index contributed by atoms with van der Waals surface area (Å²) in [4.78, 5) is 18.2. The SMILES string of the molecule is Nc1cc2c(=O)[nH]cnc2cc1Oc1ccc(Cl)c(Cl)c1. The molecule has 0 bridgehead atoms. The van der Waals surface area contributed by atoms with Crippen LogP contribution in [0.4, 0.5) is 5.69 Å². The number of nitrogens with two attached hydrogens (primary N) is 1. The van der Waals surface area contributed by atoms with E-state index in [1.165, 1.54) is 12.4 Å². The van der Waals surface area contributed by atoms with Crippen LogP contribution >= 0.6 is 23.2 Å². The zero-order valence-corrected chi connectivity index (χ0v) is 12.1. The molecule has 106 valence electrons. The number of H-pyrrole nitrogens is 1. The highest BCUT2D eigenvalue weighted by Gasteiger charge is 2.09. The quantitative estimate of drug-likeness (QED) is 0.706. The number of aromatic amines is 1. The Morgan fingerprint density at radius 2 is 1.95 bits per heavy atom. The maximum atomic E-state index is 11.7. The summed E-state index contributed by atoms with van der Waals surface area (Å²) in [5.41, 5.74) is 6.46. The first kappa shape index (κ1) is 13.7. The molecule has 3 aromatic rings. The van der Waals surface area contributed by atoms with Crippen molar-refractivity contribution in [2.24, 2.45) is 0 Å². The summed E-state index contributed by atoms with van der Waals surface area (Å²) in [5.74, 6) is 0.874. The average Bonchev–Trinajstić information content (AvgIpc) is 2.45. The number of ether oxygens (including phenoxy) is 1. The third-order valence-electron chi connectivity index (χ3n) is 2.89. The Morgan fingerprint density at radius 1 is 1.14 bits per heavy atom. The van der Waals surface area contributed by atoms with E-state index in [-0.39, 0.29) is 5.56 Å². The largest absolute Gasteiger partial charge is 0.455 e. The maximum absolute atomic E-state index is 11.7. The van der Waals surface area contributed by atoms with Crippen LogP contribution in [0.2, 0.25) is 10.0 Å². The number of nitrogens with zero attached hydrogens (tertiary/aromatic N) is 1. The third-order valence-corrected chi connectivity index (χ3v) is 3.63. The fraction of sp³-hybridized carbons (Fsp3) is 0. The zero-order chi connectivity index (χ0) is 15.0. The molecule has 7 heteroatoms. The van der Waals surface area contributed by atoms with Gasteiger partial charge in [0, 0.05) is 12.1 Å². The molecule has 0 atom stereocenters. The van der Waals surface area contributed by atoms with Gasteiger partial charge in [0.25, 0.3) is 5.56 Å². The van der Waals surface area contributed by atoms with E-state index >= 15 is 0 Å². The Balaban J connectivity index is 2.06. The zero-order valence-electron chi connectivity index (χ0n) is 10.6. The average molecular weight is 322 g/mol. The first-order chi connectivity index (χ1) is 10.0. The van der Waals surface area contributed by atoms with Crippen molar-refractivity contribution in [3.8, 4) is 11.5 Å². The third kappa shape index (κ3) is 2.66. The molecule has 0 aliphatic rings. The Hall–Kier alpha value is -2.24. The van der Waals surface area contributed by atoms with Gasteiger partial charge in [-0.3, -0.25) is 4.79 Å². The van der Waals surface area contributed by atoms with Gasteiger partial charge in [0.05, 0.1) is 33.0 Å². The van der Waals surface area contributed by atoms with Crippen LogP contribution in [0.15, 0.2) is 41.5 Å². The lowest BCUT2D eigenvalue weighted by molar-refractivity contribution is 0.486. The van der Waals surface area contributed by atoms with Crippen LogP contribution < -0.4 is 16.0 Å². The molecule has 0 saturated carbocycles. The molecule has 1 aromatic heterocycles. The van der Waals surface area contributed by atoms with E-state index in [4.69, 9.17) is 33.7 Å². The Labute approximate surface area is 129 Å². The molecule has 5 nitrogen and oxygen atoms in total. The topological polar surface area (TPSA) is 81.0 Å². The number of hydrogen-bond donors (Lipinski definition) is 2. The monoisotopic (exact) mass is 321 g/mol. The minimum Gasteiger partial charge on any atom is -0.455 e. The normalized spacial score (nSPS) is 10.8. The second kappa shape index (κ2) is 5.27. The summed E-state index contributed by atoms with van der Waals surface area (Å²) in [6.07, 6.45) is 1.32. The van der Waals surface area contributed by atoms with Crippen LogP contribution in [0, 0.1) is 0 Å². The van der Waals surface area contributed by atoms with Gasteiger partial charge < -0.3 is 15.5 Å². The predicted octanol–water partition coefficient (Wildman–Crippen LogP) is 3.60. The van der Waals surface area contributed by atoms with Crippen LogP contribution in [0.3, 0.4) is 0 Å². The van der Waals surface area contributed by atoms with E-state index in [1.807, 2.05) is 0 Å². The fourth-order valence-corrected chi connectivity index (χ4v) is 2.16. The Kier molecular flexibility index (Phi) is 3.45. The van der Waals surface area contributed by atoms with Crippen LogP contribution in [0.1, 0.15) is 0 Å². The van der Waals surface area contributed by atoms with Crippen LogP contribution in [-0.2, 0) is 0 Å². The number of rotatable bonds is 2. The molecule has 0 saturated heterocycles. The molecule has 0 radical (unpaired) electrons. The molecule has 2 aromatic carbocycles. The minimum absolute atomic E-state index is 0.257. The number of fused-ring (bicyclic) bond motifs is 1. The summed E-state index contributed by atoms with van der Waals surface area (Å²) >= 11 is 11.8. The van der Waals surface area contributed by atoms with Crippen LogP contribution in [0.5, 0.6) is 11.5 Å². The number of nitrogen functional groups attached to an aromatic ring is 1. The van der Waals surface area contributed by atoms with E-state index in [1.54, 1.807) is 24.3 Å². The molecule has 0 aliphatic heterocycles. The summed E-state index contributed by atoms with van der Waals surface area (Å²) < 4.78 is 5.67. The molecule has 21 heavy (non-hydrogen) atoms. The van der Waals surface area contributed by atoms with Gasteiger partial charge in [-0.25, -0.2) is 4.98 Å².